The average Bonchev–Trinajstić information content (AvgIpc) is 2.99. The number of carbonyl (C=O) groups is 3. The Morgan fingerprint density at radius 3 is 2.69 bits per heavy atom. The molecule has 0 bridgehead atoms. The fourth-order valence-corrected chi connectivity index (χ4v) is 5.16. The van der Waals surface area contributed by atoms with Crippen molar-refractivity contribution in [3.63, 3.8) is 0 Å². The van der Waals surface area contributed by atoms with Gasteiger partial charge in [-0.05, 0) is 48.8 Å². The average molecular weight is 398 g/mol. The van der Waals surface area contributed by atoms with Gasteiger partial charge >= 0.3 is 0 Å². The van der Waals surface area contributed by atoms with Crippen molar-refractivity contribution >= 4 is 17.7 Å². The van der Waals surface area contributed by atoms with Crippen LogP contribution in [0.4, 0.5) is 0 Å². The van der Waals surface area contributed by atoms with E-state index in [0.717, 1.165) is 12.0 Å². The number of hydrogen-bond acceptors (Lipinski definition) is 4. The standard InChI is InChI=1S/C23H31N3O3/c1-14(2)24-19-6-4-3-5-16(19)11-15-7-8-18-17(12-15)13-26(23(18)29)20-9-10-21(27)25-22(20)28/h7-8,12,14,16,19-20,24H,3-6,9-11,13H2,1-2H3,(H,25,27,28)/t16-,19?,20?/m1/s1. The highest BCUT2D eigenvalue weighted by Gasteiger charge is 2.39. The first kappa shape index (κ1) is 20.1. The van der Waals surface area contributed by atoms with Crippen LogP contribution in [0.5, 0.6) is 0 Å². The molecule has 2 aliphatic heterocycles. The van der Waals surface area contributed by atoms with Crippen LogP contribution in [0.15, 0.2) is 18.2 Å². The van der Waals surface area contributed by atoms with Gasteiger partial charge in [0.25, 0.3) is 5.91 Å². The van der Waals surface area contributed by atoms with Gasteiger partial charge in [-0.1, -0.05) is 38.8 Å². The molecule has 3 amide bonds. The summed E-state index contributed by atoms with van der Waals surface area (Å²) in [6.07, 6.45) is 6.76. The lowest BCUT2D eigenvalue weighted by molar-refractivity contribution is -0.136. The summed E-state index contributed by atoms with van der Waals surface area (Å²) in [5.74, 6) is -0.0900. The molecule has 6 heteroatoms. The molecule has 0 aromatic heterocycles. The molecule has 6 nitrogen and oxygen atoms in total. The Bertz CT molecular complexity index is 820. The second kappa shape index (κ2) is 8.27. The molecular formula is C23H31N3O3. The van der Waals surface area contributed by atoms with E-state index in [-0.39, 0.29) is 24.1 Å². The molecule has 1 saturated carbocycles. The Hall–Kier alpha value is -2.21. The molecule has 29 heavy (non-hydrogen) atoms. The van der Waals surface area contributed by atoms with Gasteiger partial charge in [0.2, 0.25) is 11.8 Å². The first-order chi connectivity index (χ1) is 13.9. The lowest BCUT2D eigenvalue weighted by Crippen LogP contribution is -2.52. The summed E-state index contributed by atoms with van der Waals surface area (Å²) in [7, 11) is 0. The molecule has 3 atom stereocenters. The third kappa shape index (κ3) is 4.22. The van der Waals surface area contributed by atoms with Crippen molar-refractivity contribution in [2.75, 3.05) is 0 Å². The predicted octanol–water partition coefficient (Wildman–Crippen LogP) is 2.55. The number of nitrogens with zero attached hydrogens (tertiary/aromatic N) is 1. The fourth-order valence-electron chi connectivity index (χ4n) is 5.16. The lowest BCUT2D eigenvalue weighted by atomic mass is 9.80. The number of imide groups is 1. The van der Waals surface area contributed by atoms with Crippen molar-refractivity contribution in [3.05, 3.63) is 34.9 Å². The normalized spacial score (nSPS) is 27.3. The van der Waals surface area contributed by atoms with Gasteiger partial charge in [-0.15, -0.1) is 0 Å². The minimum atomic E-state index is -0.547. The Labute approximate surface area is 172 Å². The summed E-state index contributed by atoms with van der Waals surface area (Å²) in [6, 6.07) is 6.64. The van der Waals surface area contributed by atoms with E-state index in [9.17, 15) is 14.4 Å². The highest BCUT2D eigenvalue weighted by molar-refractivity contribution is 6.05. The Morgan fingerprint density at radius 2 is 1.93 bits per heavy atom. The van der Waals surface area contributed by atoms with Crippen molar-refractivity contribution in [3.8, 4) is 0 Å². The summed E-state index contributed by atoms with van der Waals surface area (Å²) >= 11 is 0. The summed E-state index contributed by atoms with van der Waals surface area (Å²) < 4.78 is 0. The van der Waals surface area contributed by atoms with E-state index in [1.807, 2.05) is 6.07 Å². The second-order valence-corrected chi connectivity index (χ2v) is 9.07. The fraction of sp³-hybridized carbons (Fsp3) is 0.609. The van der Waals surface area contributed by atoms with Gasteiger partial charge in [0.15, 0.2) is 0 Å². The SMILES string of the molecule is CC(C)NC1CCCC[C@@H]1Cc1ccc2c(c1)CN(C1CCC(=O)NC1=O)C2=O. The summed E-state index contributed by atoms with van der Waals surface area (Å²) in [5, 5.41) is 6.10. The van der Waals surface area contributed by atoms with E-state index < -0.39 is 6.04 Å². The van der Waals surface area contributed by atoms with Crippen molar-refractivity contribution in [2.24, 2.45) is 5.92 Å². The molecule has 1 aromatic rings. The molecule has 1 saturated heterocycles. The molecule has 2 N–H and O–H groups in total. The van der Waals surface area contributed by atoms with Crippen LogP contribution in [-0.4, -0.2) is 40.7 Å². The van der Waals surface area contributed by atoms with Gasteiger partial charge in [0.1, 0.15) is 6.04 Å². The predicted molar refractivity (Wildman–Crippen MR) is 110 cm³/mol. The Kier molecular flexibility index (Phi) is 5.72. The molecular weight excluding hydrogens is 366 g/mol. The van der Waals surface area contributed by atoms with Gasteiger partial charge in [0.05, 0.1) is 0 Å². The van der Waals surface area contributed by atoms with Crippen LogP contribution in [0.1, 0.15) is 73.9 Å². The number of rotatable bonds is 5. The topological polar surface area (TPSA) is 78.5 Å². The first-order valence-corrected chi connectivity index (χ1v) is 10.9. The van der Waals surface area contributed by atoms with Crippen LogP contribution in [0.25, 0.3) is 0 Å². The van der Waals surface area contributed by atoms with E-state index in [2.05, 4.69) is 36.6 Å². The number of amides is 3. The lowest BCUT2D eigenvalue weighted by Gasteiger charge is -2.34. The maximum absolute atomic E-state index is 12.8. The zero-order chi connectivity index (χ0) is 20.5. The Morgan fingerprint density at radius 1 is 1.14 bits per heavy atom. The summed E-state index contributed by atoms with van der Waals surface area (Å²) in [5.41, 5.74) is 2.96. The van der Waals surface area contributed by atoms with E-state index in [1.54, 1.807) is 4.90 Å². The van der Waals surface area contributed by atoms with Crippen LogP contribution in [0.2, 0.25) is 0 Å². The molecule has 1 aliphatic carbocycles. The zero-order valence-corrected chi connectivity index (χ0v) is 17.4. The second-order valence-electron chi connectivity index (χ2n) is 9.07. The van der Waals surface area contributed by atoms with Crippen molar-refractivity contribution < 1.29 is 14.4 Å². The summed E-state index contributed by atoms with van der Waals surface area (Å²) in [4.78, 5) is 38.1. The number of nitrogens with one attached hydrogen (secondary N) is 2. The molecule has 0 radical (unpaired) electrons. The smallest absolute Gasteiger partial charge is 0.255 e. The van der Waals surface area contributed by atoms with Crippen LogP contribution < -0.4 is 10.6 Å². The third-order valence-electron chi connectivity index (χ3n) is 6.54. The van der Waals surface area contributed by atoms with Crippen molar-refractivity contribution in [2.45, 2.75) is 83.5 Å². The van der Waals surface area contributed by atoms with E-state index in [1.165, 1.54) is 31.2 Å². The molecule has 156 valence electrons. The number of carbonyl (C=O) groups excluding carboxylic acids is 3. The highest BCUT2D eigenvalue weighted by atomic mass is 16.2. The molecule has 2 fully saturated rings. The minimum Gasteiger partial charge on any atom is -0.322 e. The number of fused-ring (bicyclic) bond motifs is 1. The first-order valence-electron chi connectivity index (χ1n) is 10.9. The zero-order valence-electron chi connectivity index (χ0n) is 17.4. The van der Waals surface area contributed by atoms with Crippen LogP contribution in [-0.2, 0) is 22.6 Å². The van der Waals surface area contributed by atoms with E-state index in [0.29, 0.717) is 36.5 Å². The summed E-state index contributed by atoms with van der Waals surface area (Å²) in [6.45, 7) is 4.86. The van der Waals surface area contributed by atoms with Gasteiger partial charge in [-0.25, -0.2) is 0 Å². The largest absolute Gasteiger partial charge is 0.322 e. The monoisotopic (exact) mass is 397 g/mol. The minimum absolute atomic E-state index is 0.0990. The number of hydrogen-bond donors (Lipinski definition) is 2. The number of benzene rings is 1. The third-order valence-corrected chi connectivity index (χ3v) is 6.54. The molecule has 2 unspecified atom stereocenters. The van der Waals surface area contributed by atoms with Gasteiger partial charge in [-0.2, -0.15) is 0 Å². The Balaban J connectivity index is 1.47. The van der Waals surface area contributed by atoms with Gasteiger partial charge in [-0.3, -0.25) is 19.7 Å². The van der Waals surface area contributed by atoms with Crippen LogP contribution in [0.3, 0.4) is 0 Å². The number of piperidine rings is 1. The molecule has 1 aromatic carbocycles. The molecule has 3 aliphatic rings. The molecule has 4 rings (SSSR count). The molecule has 0 spiro atoms. The highest BCUT2D eigenvalue weighted by Crippen LogP contribution is 2.31. The quantitative estimate of drug-likeness (QED) is 0.749. The van der Waals surface area contributed by atoms with E-state index in [4.69, 9.17) is 0 Å². The molecule has 2 heterocycles. The van der Waals surface area contributed by atoms with Gasteiger partial charge in [0, 0.05) is 30.6 Å². The van der Waals surface area contributed by atoms with Crippen molar-refractivity contribution in [1.82, 2.24) is 15.5 Å². The maximum Gasteiger partial charge on any atom is 0.255 e. The maximum atomic E-state index is 12.8. The van der Waals surface area contributed by atoms with Crippen LogP contribution in [0, 0.1) is 5.92 Å². The van der Waals surface area contributed by atoms with Crippen molar-refractivity contribution in [1.29, 1.82) is 0 Å². The van der Waals surface area contributed by atoms with Gasteiger partial charge < -0.3 is 10.2 Å². The van der Waals surface area contributed by atoms with E-state index >= 15 is 0 Å². The van der Waals surface area contributed by atoms with Crippen LogP contribution >= 0.6 is 0 Å².